The Kier molecular flexibility index (Phi) is 4.75. The highest BCUT2D eigenvalue weighted by molar-refractivity contribution is 5.73. The monoisotopic (exact) mass is 225 g/mol. The minimum atomic E-state index is -1.09. The maximum absolute atomic E-state index is 10.4. The van der Waals surface area contributed by atoms with Crippen molar-refractivity contribution in [1.29, 1.82) is 0 Å². The molecule has 5 heteroatoms. The number of carboxylic acid groups (broad SMARTS) is 1. The number of hydrogen-bond acceptors (Lipinski definition) is 4. The number of aliphatic carboxylic acids is 1. The lowest BCUT2D eigenvalue weighted by atomic mass is 10.1. The Balaban J connectivity index is 2.46. The Morgan fingerprint density at radius 3 is 2.50 bits per heavy atom. The van der Waals surface area contributed by atoms with Crippen molar-refractivity contribution in [2.45, 2.75) is 12.5 Å². The topological polar surface area (TPSA) is 92.8 Å². The molecule has 4 N–H and O–H groups in total. The summed E-state index contributed by atoms with van der Waals surface area (Å²) in [5, 5.41) is 17.3. The highest BCUT2D eigenvalue weighted by Crippen LogP contribution is 2.12. The van der Waals surface area contributed by atoms with Crippen molar-refractivity contribution in [3.05, 3.63) is 29.8 Å². The van der Waals surface area contributed by atoms with E-state index in [2.05, 4.69) is 0 Å². The highest BCUT2D eigenvalue weighted by Gasteiger charge is 2.11. The fourth-order valence-electron chi connectivity index (χ4n) is 1.14. The van der Waals surface area contributed by atoms with Gasteiger partial charge in [0.2, 0.25) is 0 Å². The number of ether oxygens (including phenoxy) is 1. The Hall–Kier alpha value is -1.59. The smallest absolute Gasteiger partial charge is 0.324 e. The van der Waals surface area contributed by atoms with Gasteiger partial charge in [-0.05, 0) is 24.1 Å². The molecular weight excluding hydrogens is 210 g/mol. The average molecular weight is 225 g/mol. The van der Waals surface area contributed by atoms with Gasteiger partial charge in [0.05, 0.1) is 0 Å². The van der Waals surface area contributed by atoms with Gasteiger partial charge >= 0.3 is 5.97 Å². The number of nitrogens with two attached hydrogens (primary N) is 1. The van der Waals surface area contributed by atoms with E-state index >= 15 is 0 Å². The predicted octanol–water partition coefficient (Wildman–Crippen LogP) is 0.0121. The molecule has 0 fully saturated rings. The van der Waals surface area contributed by atoms with Crippen molar-refractivity contribution in [1.82, 2.24) is 0 Å². The average Bonchev–Trinajstić information content (AvgIpc) is 2.28. The molecule has 1 aromatic carbocycles. The minimum absolute atomic E-state index is 0.0608. The van der Waals surface area contributed by atoms with Gasteiger partial charge in [0, 0.05) is 6.61 Å². The molecule has 16 heavy (non-hydrogen) atoms. The number of aliphatic hydroxyl groups excluding tert-OH is 1. The second-order valence-electron chi connectivity index (χ2n) is 3.37. The molecule has 1 unspecified atom stereocenters. The van der Waals surface area contributed by atoms with Crippen LogP contribution in [0.1, 0.15) is 5.56 Å². The van der Waals surface area contributed by atoms with Gasteiger partial charge in [-0.1, -0.05) is 12.1 Å². The second-order valence-corrected chi connectivity index (χ2v) is 3.37. The second kappa shape index (κ2) is 6.09. The van der Waals surface area contributed by atoms with E-state index in [1.54, 1.807) is 12.1 Å². The molecule has 0 aliphatic heterocycles. The Morgan fingerprint density at radius 1 is 1.38 bits per heavy atom. The zero-order valence-electron chi connectivity index (χ0n) is 8.80. The molecule has 0 radical (unpaired) electrons. The van der Waals surface area contributed by atoms with E-state index in [1.165, 1.54) is 0 Å². The Bertz CT molecular complexity index is 336. The van der Waals surface area contributed by atoms with E-state index in [-0.39, 0.29) is 13.2 Å². The van der Waals surface area contributed by atoms with Gasteiger partial charge in [0.25, 0.3) is 0 Å². The van der Waals surface area contributed by atoms with Crippen molar-refractivity contribution < 1.29 is 19.7 Å². The molecule has 0 aliphatic rings. The summed E-state index contributed by atoms with van der Waals surface area (Å²) >= 11 is 0. The summed E-state index contributed by atoms with van der Waals surface area (Å²) in [6.45, 7) is 0.0404. The molecule has 0 amide bonds. The van der Waals surface area contributed by atoms with Crippen molar-refractivity contribution in [3.8, 4) is 5.75 Å². The molecule has 5 nitrogen and oxygen atoms in total. The molecule has 88 valence electrons. The van der Waals surface area contributed by atoms with Crippen molar-refractivity contribution in [2.24, 2.45) is 5.73 Å². The van der Waals surface area contributed by atoms with Gasteiger partial charge in [-0.25, -0.2) is 0 Å². The zero-order chi connectivity index (χ0) is 12.0. The number of carbonyl (C=O) groups is 1. The standard InChI is InChI=1S/C11H15NO4/c12-10(11(14)15)7-16-9-3-1-8(2-4-9)5-6-13/h1-4,10,13H,5-7,12H2,(H,14,15). The van der Waals surface area contributed by atoms with Crippen LogP contribution in [-0.2, 0) is 11.2 Å². The quantitative estimate of drug-likeness (QED) is 0.634. The summed E-state index contributed by atoms with van der Waals surface area (Å²) in [7, 11) is 0. The molecule has 0 heterocycles. The van der Waals surface area contributed by atoms with Crippen LogP contribution in [0.25, 0.3) is 0 Å². The molecule has 0 spiro atoms. The summed E-state index contributed by atoms with van der Waals surface area (Å²) in [6.07, 6.45) is 0.592. The van der Waals surface area contributed by atoms with Crippen LogP contribution in [0.4, 0.5) is 0 Å². The number of aliphatic hydroxyl groups is 1. The number of benzene rings is 1. The summed E-state index contributed by atoms with van der Waals surface area (Å²) in [5.74, 6) is -0.518. The molecule has 1 rings (SSSR count). The SMILES string of the molecule is NC(COc1ccc(CCO)cc1)C(=O)O. The molecule has 0 aromatic heterocycles. The van der Waals surface area contributed by atoms with Crippen molar-refractivity contribution >= 4 is 5.97 Å². The highest BCUT2D eigenvalue weighted by atomic mass is 16.5. The van der Waals surface area contributed by atoms with E-state index in [0.717, 1.165) is 5.56 Å². The van der Waals surface area contributed by atoms with Crippen LogP contribution < -0.4 is 10.5 Å². The van der Waals surface area contributed by atoms with Crippen LogP contribution in [0.5, 0.6) is 5.75 Å². The first-order valence-corrected chi connectivity index (χ1v) is 4.94. The van der Waals surface area contributed by atoms with Gasteiger partial charge in [-0.2, -0.15) is 0 Å². The number of carboxylic acids is 1. The third kappa shape index (κ3) is 3.88. The van der Waals surface area contributed by atoms with Crippen LogP contribution in [0, 0.1) is 0 Å². The van der Waals surface area contributed by atoms with E-state index in [9.17, 15) is 4.79 Å². The summed E-state index contributed by atoms with van der Waals surface area (Å²) in [6, 6.07) is 6.06. The minimum Gasteiger partial charge on any atom is -0.491 e. The maximum atomic E-state index is 10.4. The lowest BCUT2D eigenvalue weighted by Crippen LogP contribution is -2.36. The number of hydrogen-bond donors (Lipinski definition) is 3. The predicted molar refractivity (Wildman–Crippen MR) is 58.3 cm³/mol. The van der Waals surface area contributed by atoms with Gasteiger partial charge in [0.15, 0.2) is 0 Å². The first-order valence-electron chi connectivity index (χ1n) is 4.94. The normalized spacial score (nSPS) is 12.1. The molecule has 0 aliphatic carbocycles. The van der Waals surface area contributed by atoms with E-state index in [4.69, 9.17) is 20.7 Å². The molecule has 0 saturated carbocycles. The van der Waals surface area contributed by atoms with Gasteiger partial charge in [0.1, 0.15) is 18.4 Å². The molecule has 1 aromatic rings. The molecule has 0 saturated heterocycles. The first-order chi connectivity index (χ1) is 7.63. The molecular formula is C11H15NO4. The fraction of sp³-hybridized carbons (Fsp3) is 0.364. The molecule has 1 atom stereocenters. The van der Waals surface area contributed by atoms with Gasteiger partial charge < -0.3 is 20.7 Å². The first kappa shape index (κ1) is 12.5. The van der Waals surface area contributed by atoms with Crippen LogP contribution in [0.3, 0.4) is 0 Å². The lowest BCUT2D eigenvalue weighted by molar-refractivity contribution is -0.139. The number of rotatable bonds is 6. The maximum Gasteiger partial charge on any atom is 0.324 e. The lowest BCUT2D eigenvalue weighted by Gasteiger charge is -2.09. The van der Waals surface area contributed by atoms with Crippen LogP contribution >= 0.6 is 0 Å². The third-order valence-electron chi connectivity index (χ3n) is 2.07. The summed E-state index contributed by atoms with van der Waals surface area (Å²) in [5.41, 5.74) is 6.28. The molecule has 0 bridgehead atoms. The van der Waals surface area contributed by atoms with E-state index in [0.29, 0.717) is 12.2 Å². The zero-order valence-corrected chi connectivity index (χ0v) is 8.80. The Morgan fingerprint density at radius 2 is 2.00 bits per heavy atom. The van der Waals surface area contributed by atoms with Crippen LogP contribution in [0.15, 0.2) is 24.3 Å². The van der Waals surface area contributed by atoms with Crippen molar-refractivity contribution in [2.75, 3.05) is 13.2 Å². The third-order valence-corrected chi connectivity index (χ3v) is 2.07. The fourth-order valence-corrected chi connectivity index (χ4v) is 1.14. The summed E-state index contributed by atoms with van der Waals surface area (Å²) < 4.78 is 5.19. The van der Waals surface area contributed by atoms with Crippen LogP contribution in [-0.4, -0.2) is 35.4 Å². The van der Waals surface area contributed by atoms with Crippen LogP contribution in [0.2, 0.25) is 0 Å². The summed E-state index contributed by atoms with van der Waals surface area (Å²) in [4.78, 5) is 10.4. The largest absolute Gasteiger partial charge is 0.491 e. The van der Waals surface area contributed by atoms with Crippen molar-refractivity contribution in [3.63, 3.8) is 0 Å². The Labute approximate surface area is 93.5 Å². The van der Waals surface area contributed by atoms with Gasteiger partial charge in [-0.15, -0.1) is 0 Å². The van der Waals surface area contributed by atoms with Gasteiger partial charge in [-0.3, -0.25) is 4.79 Å². The van der Waals surface area contributed by atoms with E-state index < -0.39 is 12.0 Å². The van der Waals surface area contributed by atoms with E-state index in [1.807, 2.05) is 12.1 Å².